The van der Waals surface area contributed by atoms with E-state index >= 15 is 0 Å². The summed E-state index contributed by atoms with van der Waals surface area (Å²) in [7, 11) is 0. The lowest BCUT2D eigenvalue weighted by molar-refractivity contribution is -0.146. The summed E-state index contributed by atoms with van der Waals surface area (Å²) < 4.78 is 4.93. The molecule has 1 amide bonds. The van der Waals surface area contributed by atoms with Gasteiger partial charge in [-0.1, -0.05) is 5.16 Å². The number of nitrogens with one attached hydrogen (secondary N) is 1. The Hall–Kier alpha value is -1.39. The zero-order valence-electron chi connectivity index (χ0n) is 11.9. The fourth-order valence-electron chi connectivity index (χ4n) is 5.15. The molecule has 0 atom stereocenters. The van der Waals surface area contributed by atoms with E-state index in [1.54, 1.807) is 6.92 Å². The van der Waals surface area contributed by atoms with Crippen LogP contribution in [0.5, 0.6) is 0 Å². The van der Waals surface area contributed by atoms with Crippen LogP contribution >= 0.6 is 0 Å². The van der Waals surface area contributed by atoms with Gasteiger partial charge < -0.3 is 9.84 Å². The summed E-state index contributed by atoms with van der Waals surface area (Å²) in [5.41, 5.74) is -0.0898. The second kappa shape index (κ2) is 4.30. The number of aromatic nitrogens is 2. The number of carbonyl (C=O) groups is 1. The van der Waals surface area contributed by atoms with E-state index in [2.05, 4.69) is 15.5 Å². The van der Waals surface area contributed by atoms with E-state index in [4.69, 9.17) is 4.52 Å². The lowest BCUT2D eigenvalue weighted by Gasteiger charge is -2.55. The van der Waals surface area contributed by atoms with Crippen LogP contribution < -0.4 is 5.32 Å². The van der Waals surface area contributed by atoms with Crippen LogP contribution in [0.2, 0.25) is 0 Å². The van der Waals surface area contributed by atoms with Gasteiger partial charge in [0.05, 0.1) is 6.54 Å². The van der Waals surface area contributed by atoms with E-state index < -0.39 is 0 Å². The van der Waals surface area contributed by atoms with Gasteiger partial charge in [-0.05, 0) is 56.3 Å². The first-order valence-corrected chi connectivity index (χ1v) is 7.70. The number of amides is 1. The predicted octanol–water partition coefficient (Wildman–Crippen LogP) is 2.21. The number of nitrogens with zero attached hydrogens (tertiary/aromatic N) is 2. The van der Waals surface area contributed by atoms with Crippen LogP contribution in [-0.4, -0.2) is 16.0 Å². The molecule has 5 heteroatoms. The van der Waals surface area contributed by atoms with E-state index in [1.165, 1.54) is 19.3 Å². The summed E-state index contributed by atoms with van der Waals surface area (Å²) in [5.74, 6) is 3.71. The molecule has 4 aliphatic carbocycles. The molecule has 0 aliphatic heterocycles. The molecule has 1 aromatic heterocycles. The molecule has 0 radical (unpaired) electrons. The lowest BCUT2D eigenvalue weighted by atomic mass is 9.49. The standard InChI is InChI=1S/C15H21N3O2/c1-9-17-13(18-20-9)8-16-14(19)15-5-10-2-11(6-15)4-12(3-10)7-15/h10-12H,2-8H2,1H3,(H,16,19). The highest BCUT2D eigenvalue weighted by atomic mass is 16.5. The minimum absolute atomic E-state index is 0.0898. The second-order valence-corrected chi connectivity index (χ2v) is 7.11. The van der Waals surface area contributed by atoms with Crippen LogP contribution in [0.3, 0.4) is 0 Å². The molecule has 5 nitrogen and oxygen atoms in total. The highest BCUT2D eigenvalue weighted by Gasteiger charge is 2.54. The maximum atomic E-state index is 12.7. The Labute approximate surface area is 118 Å². The topological polar surface area (TPSA) is 68.0 Å². The number of carbonyl (C=O) groups excluding carboxylic acids is 1. The van der Waals surface area contributed by atoms with Crippen LogP contribution in [-0.2, 0) is 11.3 Å². The molecular weight excluding hydrogens is 254 g/mol. The molecule has 4 bridgehead atoms. The Bertz CT molecular complexity index is 502. The van der Waals surface area contributed by atoms with Crippen LogP contribution in [0.15, 0.2) is 4.52 Å². The quantitative estimate of drug-likeness (QED) is 0.918. The third-order valence-electron chi connectivity index (χ3n) is 5.50. The number of hydrogen-bond acceptors (Lipinski definition) is 4. The highest BCUT2D eigenvalue weighted by molar-refractivity contribution is 5.83. The lowest BCUT2D eigenvalue weighted by Crippen LogP contribution is -2.53. The smallest absolute Gasteiger partial charge is 0.226 e. The molecule has 4 fully saturated rings. The van der Waals surface area contributed by atoms with Crippen LogP contribution in [0, 0.1) is 30.1 Å². The van der Waals surface area contributed by atoms with Crippen molar-refractivity contribution in [2.45, 2.75) is 52.0 Å². The van der Waals surface area contributed by atoms with Crippen LogP contribution in [0.4, 0.5) is 0 Å². The third-order valence-corrected chi connectivity index (χ3v) is 5.50. The fourth-order valence-corrected chi connectivity index (χ4v) is 5.15. The molecule has 20 heavy (non-hydrogen) atoms. The zero-order valence-corrected chi connectivity index (χ0v) is 11.9. The number of rotatable bonds is 3. The van der Waals surface area contributed by atoms with Gasteiger partial charge in [0.25, 0.3) is 0 Å². The summed E-state index contributed by atoms with van der Waals surface area (Å²) in [6, 6.07) is 0. The zero-order chi connectivity index (χ0) is 13.7. The molecule has 1 N–H and O–H groups in total. The molecule has 4 saturated carbocycles. The van der Waals surface area contributed by atoms with Gasteiger partial charge >= 0.3 is 0 Å². The van der Waals surface area contributed by atoms with E-state index in [1.807, 2.05) is 0 Å². The first-order valence-electron chi connectivity index (χ1n) is 7.70. The SMILES string of the molecule is Cc1nc(CNC(=O)C23CC4CC(CC(C4)C2)C3)no1. The molecule has 0 unspecified atom stereocenters. The van der Waals surface area contributed by atoms with Crippen molar-refractivity contribution in [3.8, 4) is 0 Å². The number of hydrogen-bond donors (Lipinski definition) is 1. The maximum absolute atomic E-state index is 12.7. The predicted molar refractivity (Wildman–Crippen MR) is 71.5 cm³/mol. The van der Waals surface area contributed by atoms with E-state index in [0.717, 1.165) is 37.0 Å². The Morgan fingerprint density at radius 3 is 2.35 bits per heavy atom. The van der Waals surface area contributed by atoms with Crippen molar-refractivity contribution in [1.82, 2.24) is 15.5 Å². The molecule has 5 rings (SSSR count). The molecule has 1 aromatic rings. The van der Waals surface area contributed by atoms with Gasteiger partial charge in [-0.15, -0.1) is 0 Å². The van der Waals surface area contributed by atoms with Gasteiger partial charge in [0.15, 0.2) is 5.82 Å². The van der Waals surface area contributed by atoms with Crippen molar-refractivity contribution in [2.75, 3.05) is 0 Å². The summed E-state index contributed by atoms with van der Waals surface area (Å²) in [4.78, 5) is 16.8. The molecule has 108 valence electrons. The average molecular weight is 275 g/mol. The summed E-state index contributed by atoms with van der Waals surface area (Å²) in [6.07, 6.45) is 7.35. The molecule has 0 spiro atoms. The summed E-state index contributed by atoms with van der Waals surface area (Å²) in [5, 5.41) is 6.88. The summed E-state index contributed by atoms with van der Waals surface area (Å²) >= 11 is 0. The van der Waals surface area contributed by atoms with Gasteiger partial charge in [-0.3, -0.25) is 4.79 Å². The van der Waals surface area contributed by atoms with Gasteiger partial charge in [0.1, 0.15) is 0 Å². The van der Waals surface area contributed by atoms with Crippen LogP contribution in [0.1, 0.15) is 50.2 Å². The summed E-state index contributed by atoms with van der Waals surface area (Å²) in [6.45, 7) is 2.15. The molecule has 0 saturated heterocycles. The van der Waals surface area contributed by atoms with Crippen molar-refractivity contribution in [3.63, 3.8) is 0 Å². The minimum Gasteiger partial charge on any atom is -0.348 e. The number of aryl methyl sites for hydroxylation is 1. The first kappa shape index (κ1) is 12.4. The van der Waals surface area contributed by atoms with E-state index in [9.17, 15) is 4.79 Å². The van der Waals surface area contributed by atoms with Crippen molar-refractivity contribution < 1.29 is 9.32 Å². The van der Waals surface area contributed by atoms with Crippen molar-refractivity contribution >= 4 is 5.91 Å². The third kappa shape index (κ3) is 1.95. The monoisotopic (exact) mass is 275 g/mol. The molecular formula is C15H21N3O2. The van der Waals surface area contributed by atoms with Gasteiger partial charge in [-0.2, -0.15) is 4.98 Å². The Balaban J connectivity index is 1.45. The van der Waals surface area contributed by atoms with Gasteiger partial charge in [0.2, 0.25) is 11.8 Å². The average Bonchev–Trinajstić information content (AvgIpc) is 2.80. The van der Waals surface area contributed by atoms with Gasteiger partial charge in [-0.25, -0.2) is 0 Å². The van der Waals surface area contributed by atoms with E-state index in [0.29, 0.717) is 18.3 Å². The Morgan fingerprint density at radius 1 is 1.25 bits per heavy atom. The van der Waals surface area contributed by atoms with Crippen molar-refractivity contribution in [2.24, 2.45) is 23.2 Å². The van der Waals surface area contributed by atoms with Crippen molar-refractivity contribution in [3.05, 3.63) is 11.7 Å². The molecule has 1 heterocycles. The molecule has 0 aromatic carbocycles. The maximum Gasteiger partial charge on any atom is 0.226 e. The van der Waals surface area contributed by atoms with Crippen LogP contribution in [0.25, 0.3) is 0 Å². The first-order chi connectivity index (χ1) is 9.63. The molecule has 4 aliphatic rings. The highest BCUT2D eigenvalue weighted by Crippen LogP contribution is 2.60. The van der Waals surface area contributed by atoms with E-state index in [-0.39, 0.29) is 11.3 Å². The van der Waals surface area contributed by atoms with Gasteiger partial charge in [0, 0.05) is 12.3 Å². The normalized spacial score (nSPS) is 38.1. The fraction of sp³-hybridized carbons (Fsp3) is 0.800. The Morgan fingerprint density at radius 2 is 1.85 bits per heavy atom. The Kier molecular flexibility index (Phi) is 2.66. The largest absolute Gasteiger partial charge is 0.348 e. The second-order valence-electron chi connectivity index (χ2n) is 7.11. The van der Waals surface area contributed by atoms with Crippen molar-refractivity contribution in [1.29, 1.82) is 0 Å². The minimum atomic E-state index is -0.0898.